The Morgan fingerprint density at radius 2 is 1.74 bits per heavy atom. The van der Waals surface area contributed by atoms with Crippen LogP contribution in [0.4, 0.5) is 0 Å². The quantitative estimate of drug-likeness (QED) is 0.607. The molecule has 1 saturated carbocycles. The molecule has 0 saturated heterocycles. The minimum atomic E-state index is -0.598. The molecule has 1 fully saturated rings. The number of Topliss-reactive ketones (excluding diaryl/α,β-unsaturated/α-hetero) is 1. The lowest BCUT2D eigenvalue weighted by atomic mass is 9.89. The van der Waals surface area contributed by atoms with E-state index in [4.69, 9.17) is 4.74 Å². The Hall–Kier alpha value is -1.69. The molecule has 1 aliphatic carbocycles. The molecular weight excluding hydrogens is 362 g/mol. The van der Waals surface area contributed by atoms with E-state index in [9.17, 15) is 14.4 Å². The van der Waals surface area contributed by atoms with Gasteiger partial charge < -0.3 is 10.1 Å². The van der Waals surface area contributed by atoms with Crippen LogP contribution in [0.1, 0.15) is 42.5 Å². The normalized spacial score (nSPS) is 15.0. The third-order valence-electron chi connectivity index (χ3n) is 3.91. The van der Waals surface area contributed by atoms with Crippen molar-refractivity contribution in [2.75, 3.05) is 13.2 Å². The first-order valence-corrected chi connectivity index (χ1v) is 8.57. The molecule has 0 aliphatic heterocycles. The van der Waals surface area contributed by atoms with Crippen molar-refractivity contribution in [3.63, 3.8) is 0 Å². The summed E-state index contributed by atoms with van der Waals surface area (Å²) >= 11 is 3.29. The van der Waals surface area contributed by atoms with E-state index in [1.54, 1.807) is 24.3 Å². The van der Waals surface area contributed by atoms with Crippen LogP contribution in [0.2, 0.25) is 0 Å². The number of rotatable bonds is 6. The second-order valence-electron chi connectivity index (χ2n) is 5.64. The lowest BCUT2D eigenvalue weighted by Crippen LogP contribution is -2.36. The number of hydrogen-bond donors (Lipinski definition) is 1. The van der Waals surface area contributed by atoms with Gasteiger partial charge in [0.15, 0.2) is 12.4 Å². The monoisotopic (exact) mass is 381 g/mol. The van der Waals surface area contributed by atoms with Crippen LogP contribution in [-0.4, -0.2) is 30.8 Å². The van der Waals surface area contributed by atoms with Gasteiger partial charge in [0, 0.05) is 16.0 Å². The molecule has 1 aliphatic rings. The van der Waals surface area contributed by atoms with Gasteiger partial charge in [0.2, 0.25) is 5.91 Å². The van der Waals surface area contributed by atoms with E-state index in [1.165, 1.54) is 6.42 Å². The van der Waals surface area contributed by atoms with Gasteiger partial charge in [-0.3, -0.25) is 14.4 Å². The van der Waals surface area contributed by atoms with Crippen LogP contribution in [0.5, 0.6) is 0 Å². The smallest absolute Gasteiger partial charge is 0.325 e. The number of ketones is 1. The Labute approximate surface area is 143 Å². The maximum atomic E-state index is 11.9. The highest BCUT2D eigenvalue weighted by Crippen LogP contribution is 2.23. The SMILES string of the molecule is O=C(CNC(=O)C1CCCCC1)OCC(=O)c1ccc(Br)cc1. The Bertz CT molecular complexity index is 564. The largest absolute Gasteiger partial charge is 0.456 e. The van der Waals surface area contributed by atoms with Gasteiger partial charge >= 0.3 is 5.97 Å². The summed E-state index contributed by atoms with van der Waals surface area (Å²) in [6.45, 7) is -0.511. The zero-order valence-electron chi connectivity index (χ0n) is 12.8. The van der Waals surface area contributed by atoms with Crippen molar-refractivity contribution in [1.82, 2.24) is 5.32 Å². The summed E-state index contributed by atoms with van der Waals surface area (Å²) in [5, 5.41) is 2.59. The van der Waals surface area contributed by atoms with Crippen molar-refractivity contribution in [3.05, 3.63) is 34.3 Å². The third-order valence-corrected chi connectivity index (χ3v) is 4.44. The number of carbonyl (C=O) groups excluding carboxylic acids is 3. The van der Waals surface area contributed by atoms with Crippen LogP contribution in [-0.2, 0) is 14.3 Å². The second kappa shape index (κ2) is 8.82. The van der Waals surface area contributed by atoms with Crippen LogP contribution in [0, 0.1) is 5.92 Å². The molecule has 1 amide bonds. The first-order chi connectivity index (χ1) is 11.1. The molecule has 1 aromatic rings. The summed E-state index contributed by atoms with van der Waals surface area (Å²) in [5.74, 6) is -0.967. The molecule has 1 aromatic carbocycles. The number of nitrogens with one attached hydrogen (secondary N) is 1. The van der Waals surface area contributed by atoms with E-state index in [-0.39, 0.29) is 30.8 Å². The first-order valence-electron chi connectivity index (χ1n) is 7.78. The van der Waals surface area contributed by atoms with E-state index in [2.05, 4.69) is 21.2 Å². The highest BCUT2D eigenvalue weighted by atomic mass is 79.9. The molecular formula is C17H20BrNO4. The van der Waals surface area contributed by atoms with Crippen molar-refractivity contribution in [1.29, 1.82) is 0 Å². The second-order valence-corrected chi connectivity index (χ2v) is 6.56. The van der Waals surface area contributed by atoms with Crippen molar-refractivity contribution in [2.45, 2.75) is 32.1 Å². The molecule has 0 unspecified atom stereocenters. The number of benzene rings is 1. The molecule has 0 bridgehead atoms. The number of hydrogen-bond acceptors (Lipinski definition) is 4. The fourth-order valence-corrected chi connectivity index (χ4v) is 2.85. The highest BCUT2D eigenvalue weighted by Gasteiger charge is 2.21. The predicted octanol–water partition coefficient (Wildman–Crippen LogP) is 2.87. The number of amides is 1. The van der Waals surface area contributed by atoms with Gasteiger partial charge in [0.05, 0.1) is 0 Å². The average molecular weight is 382 g/mol. The Morgan fingerprint density at radius 1 is 1.09 bits per heavy atom. The van der Waals surface area contributed by atoms with Crippen LogP contribution in [0.3, 0.4) is 0 Å². The first kappa shape index (κ1) is 17.7. The minimum absolute atomic E-state index is 0.000877. The molecule has 0 heterocycles. The zero-order valence-corrected chi connectivity index (χ0v) is 14.4. The summed E-state index contributed by atoms with van der Waals surface area (Å²) < 4.78 is 5.78. The number of halogens is 1. The topological polar surface area (TPSA) is 72.5 Å². The number of esters is 1. The van der Waals surface area contributed by atoms with Gasteiger partial charge in [0.25, 0.3) is 0 Å². The van der Waals surface area contributed by atoms with E-state index < -0.39 is 5.97 Å². The van der Waals surface area contributed by atoms with Crippen LogP contribution < -0.4 is 5.32 Å². The molecule has 23 heavy (non-hydrogen) atoms. The molecule has 0 spiro atoms. The number of carbonyl (C=O) groups is 3. The molecule has 1 N–H and O–H groups in total. The molecule has 6 heteroatoms. The maximum absolute atomic E-state index is 11.9. The summed E-state index contributed by atoms with van der Waals surface area (Å²) in [4.78, 5) is 35.4. The maximum Gasteiger partial charge on any atom is 0.325 e. The Balaban J connectivity index is 1.69. The average Bonchev–Trinajstić information content (AvgIpc) is 2.59. The Morgan fingerprint density at radius 3 is 2.39 bits per heavy atom. The lowest BCUT2D eigenvalue weighted by Gasteiger charge is -2.20. The van der Waals surface area contributed by atoms with E-state index in [0.29, 0.717) is 5.56 Å². The third kappa shape index (κ3) is 5.78. The van der Waals surface area contributed by atoms with Crippen molar-refractivity contribution in [2.24, 2.45) is 5.92 Å². The number of ether oxygens (including phenoxy) is 1. The Kier molecular flexibility index (Phi) is 6.77. The van der Waals surface area contributed by atoms with Crippen LogP contribution >= 0.6 is 15.9 Å². The minimum Gasteiger partial charge on any atom is -0.456 e. The summed E-state index contributed by atoms with van der Waals surface area (Å²) in [7, 11) is 0. The van der Waals surface area contributed by atoms with Gasteiger partial charge in [-0.05, 0) is 25.0 Å². The van der Waals surface area contributed by atoms with E-state index in [0.717, 1.165) is 30.2 Å². The van der Waals surface area contributed by atoms with Gasteiger partial charge in [-0.15, -0.1) is 0 Å². The van der Waals surface area contributed by atoms with Crippen LogP contribution in [0.25, 0.3) is 0 Å². The van der Waals surface area contributed by atoms with E-state index in [1.807, 2.05) is 0 Å². The predicted molar refractivity (Wildman–Crippen MR) is 89.0 cm³/mol. The summed E-state index contributed by atoms with van der Waals surface area (Å²) in [6.07, 6.45) is 5.05. The van der Waals surface area contributed by atoms with Crippen molar-refractivity contribution >= 4 is 33.6 Å². The van der Waals surface area contributed by atoms with Gasteiger partial charge in [-0.2, -0.15) is 0 Å². The van der Waals surface area contributed by atoms with Crippen molar-refractivity contribution < 1.29 is 19.1 Å². The lowest BCUT2D eigenvalue weighted by molar-refractivity contribution is -0.143. The highest BCUT2D eigenvalue weighted by molar-refractivity contribution is 9.10. The fourth-order valence-electron chi connectivity index (χ4n) is 2.58. The van der Waals surface area contributed by atoms with Crippen LogP contribution in [0.15, 0.2) is 28.7 Å². The fraction of sp³-hybridized carbons (Fsp3) is 0.471. The molecule has 0 atom stereocenters. The summed E-state index contributed by atoms with van der Waals surface area (Å²) in [6, 6.07) is 6.81. The van der Waals surface area contributed by atoms with Crippen molar-refractivity contribution in [3.8, 4) is 0 Å². The van der Waals surface area contributed by atoms with E-state index >= 15 is 0 Å². The molecule has 2 rings (SSSR count). The molecule has 0 radical (unpaired) electrons. The van der Waals surface area contributed by atoms with Gasteiger partial charge in [-0.25, -0.2) is 0 Å². The zero-order chi connectivity index (χ0) is 16.7. The molecule has 124 valence electrons. The molecule has 0 aromatic heterocycles. The van der Waals surface area contributed by atoms with Gasteiger partial charge in [0.1, 0.15) is 6.54 Å². The van der Waals surface area contributed by atoms with Gasteiger partial charge in [-0.1, -0.05) is 47.3 Å². The summed E-state index contributed by atoms with van der Waals surface area (Å²) in [5.41, 5.74) is 0.479. The standard InChI is InChI=1S/C17H20BrNO4/c18-14-8-6-12(7-9-14)15(20)11-23-16(21)10-19-17(22)13-4-2-1-3-5-13/h6-9,13H,1-5,10-11H2,(H,19,22). The molecule has 5 nitrogen and oxygen atoms in total.